The van der Waals surface area contributed by atoms with E-state index in [1.807, 2.05) is 0 Å². The third-order valence-corrected chi connectivity index (χ3v) is 8.54. The normalized spacial score (nSPS) is 11.0. The smallest absolute Gasteiger partial charge is 1.00 e. The Morgan fingerprint density at radius 3 is 1.33 bits per heavy atom. The van der Waals surface area contributed by atoms with Crippen LogP contribution in [0.5, 0.6) is 11.5 Å². The van der Waals surface area contributed by atoms with Crippen LogP contribution in [0.1, 0.15) is 45.8 Å². The van der Waals surface area contributed by atoms with Gasteiger partial charge in [-0.1, -0.05) is 109 Å². The van der Waals surface area contributed by atoms with Gasteiger partial charge < -0.3 is 12.3 Å². The van der Waals surface area contributed by atoms with Gasteiger partial charge in [-0.15, -0.1) is 0 Å². The topological polar surface area (TPSA) is 161 Å². The molecule has 0 atom stereocenters. The van der Waals surface area contributed by atoms with Gasteiger partial charge in [0.2, 0.25) is 0 Å². The fourth-order valence-corrected chi connectivity index (χ4v) is 5.74. The molecule has 10 nitrogen and oxygen atoms in total. The summed E-state index contributed by atoms with van der Waals surface area (Å²) in [6, 6.07) is 31.5. The molecule has 0 aromatic heterocycles. The Hall–Kier alpha value is -3.14. The summed E-state index contributed by atoms with van der Waals surface area (Å²) in [4.78, 5) is 23.7. The first-order valence-corrected chi connectivity index (χ1v) is 16.5. The number of rotatable bonds is 12. The third kappa shape index (κ3) is 9.95. The van der Waals surface area contributed by atoms with Crippen molar-refractivity contribution in [2.75, 3.05) is 0 Å². The molecule has 14 heteroatoms. The Morgan fingerprint density at radius 2 is 0.938 bits per heavy atom. The molecule has 0 aliphatic heterocycles. The van der Waals surface area contributed by atoms with Crippen LogP contribution in [0, 0.1) is 0 Å². The van der Waals surface area contributed by atoms with Crippen molar-refractivity contribution < 1.29 is 107 Å². The van der Waals surface area contributed by atoms with Gasteiger partial charge in [0.1, 0.15) is 18.1 Å². The first-order chi connectivity index (χ1) is 21.9. The van der Waals surface area contributed by atoms with Gasteiger partial charge in [-0.3, -0.25) is 18.7 Å². The van der Waals surface area contributed by atoms with Gasteiger partial charge in [0.25, 0.3) is 20.2 Å². The van der Waals surface area contributed by atoms with Crippen molar-refractivity contribution in [1.29, 1.82) is 0 Å². The molecule has 0 spiro atoms. The van der Waals surface area contributed by atoms with Crippen molar-refractivity contribution in [3.63, 3.8) is 0 Å². The maximum atomic E-state index is 12.7. The van der Waals surface area contributed by atoms with Crippen LogP contribution in [0.4, 0.5) is 0 Å². The first-order valence-electron chi connectivity index (χ1n) is 13.7. The maximum absolute atomic E-state index is 12.7. The van der Waals surface area contributed by atoms with Crippen LogP contribution in [0.15, 0.2) is 131 Å². The zero-order chi connectivity index (χ0) is 32.9. The predicted molar refractivity (Wildman–Crippen MR) is 170 cm³/mol. The summed E-state index contributed by atoms with van der Waals surface area (Å²) < 4.78 is 79.7. The second-order valence-electron chi connectivity index (χ2n) is 10.1. The van der Waals surface area contributed by atoms with Crippen molar-refractivity contribution in [2.45, 2.75) is 23.0 Å². The third-order valence-electron chi connectivity index (χ3n) is 6.85. The van der Waals surface area contributed by atoms with Gasteiger partial charge in [-0.05, 0) is 17.2 Å². The number of ketones is 2. The van der Waals surface area contributed by atoms with E-state index >= 15 is 0 Å². The second kappa shape index (κ2) is 17.0. The van der Waals surface area contributed by atoms with Gasteiger partial charge in [-0.25, -0.2) is 0 Å². The van der Waals surface area contributed by atoms with Crippen molar-refractivity contribution in [3.8, 4) is 11.5 Å². The van der Waals surface area contributed by atoms with Crippen molar-refractivity contribution in [2.24, 2.45) is 0 Å². The van der Waals surface area contributed by atoms with Crippen LogP contribution < -0.4 is 68.6 Å². The average molecular weight is 707 g/mol. The summed E-state index contributed by atoms with van der Waals surface area (Å²) in [6.07, 6.45) is 0. The molecule has 0 saturated carbocycles. The minimum Gasteiger partial charge on any atom is -1.00 e. The van der Waals surface area contributed by atoms with E-state index in [9.17, 15) is 35.5 Å². The summed E-state index contributed by atoms with van der Waals surface area (Å²) in [7, 11) is -10.0. The predicted octanol–water partition coefficient (Wildman–Crippen LogP) is 0.0330. The molecule has 0 aliphatic carbocycles. The molecule has 0 radical (unpaired) electrons. The van der Waals surface area contributed by atoms with Crippen LogP contribution >= 0.6 is 0 Å². The summed E-state index contributed by atoms with van der Waals surface area (Å²) in [5, 5.41) is 0. The van der Waals surface area contributed by atoms with E-state index in [4.69, 9.17) is 9.47 Å². The summed E-state index contributed by atoms with van der Waals surface area (Å²) in [6.45, 7) is -0.494. The minimum absolute atomic E-state index is 0. The molecule has 238 valence electrons. The molecule has 5 rings (SSSR count). The standard InChI is InChI=1S/C34H26O10S2.2Na.2H/c35-32(25-7-3-1-4-8-25)27-15-11-23(12-16-27)21-43-30-19-29(45(37,38)39)20-31(46(40,41)42)34(30)44-22-24-13-17-28(18-14-24)33(36)26-9-5-2-6-10-26;;;;/h1-20H,21-22H2,(H,37,38,39)(H,40,41,42);;;;/q;2*+1;2*-1. The number of hydrogen-bond donors (Lipinski definition) is 2. The SMILES string of the molecule is O=C(c1ccccc1)c1ccc(COc2cc(S(=O)(=O)O)cc(S(=O)(=O)O)c2OCc2ccc(C(=O)c3ccccc3)cc2)cc1.[H-].[H-].[Na+].[Na+]. The number of ether oxygens (including phenoxy) is 2. The van der Waals surface area contributed by atoms with Crippen LogP contribution in [-0.4, -0.2) is 37.5 Å². The van der Waals surface area contributed by atoms with Crippen LogP contribution in [0.25, 0.3) is 0 Å². The van der Waals surface area contributed by atoms with E-state index in [0.717, 1.165) is 6.07 Å². The molecular formula is C34H28Na2O10S2. The molecule has 2 N–H and O–H groups in total. The van der Waals surface area contributed by atoms with Crippen LogP contribution in [0.2, 0.25) is 0 Å². The molecule has 0 unspecified atom stereocenters. The van der Waals surface area contributed by atoms with Gasteiger partial charge in [0, 0.05) is 28.3 Å². The minimum atomic E-state index is -5.08. The maximum Gasteiger partial charge on any atom is 1.00 e. The quantitative estimate of drug-likeness (QED) is 0.103. The molecule has 0 heterocycles. The second-order valence-corrected chi connectivity index (χ2v) is 12.9. The largest absolute Gasteiger partial charge is 1.00 e. The van der Waals surface area contributed by atoms with E-state index < -0.39 is 41.5 Å². The molecule has 5 aromatic rings. The first kappa shape index (κ1) is 39.3. The Kier molecular flexibility index (Phi) is 13.9. The molecule has 48 heavy (non-hydrogen) atoms. The van der Waals surface area contributed by atoms with Crippen LogP contribution in [-0.2, 0) is 33.5 Å². The van der Waals surface area contributed by atoms with Crippen molar-refractivity contribution in [1.82, 2.24) is 0 Å². The summed E-state index contributed by atoms with van der Waals surface area (Å²) in [5.41, 5.74) is 2.87. The fourth-order valence-electron chi connectivity index (χ4n) is 4.48. The number of carbonyl (C=O) groups is 2. The molecule has 5 aromatic carbocycles. The fraction of sp³-hybridized carbons (Fsp3) is 0.0588. The van der Waals surface area contributed by atoms with Crippen LogP contribution in [0.3, 0.4) is 0 Å². The number of benzene rings is 5. The molecule has 0 saturated heterocycles. The summed E-state index contributed by atoms with van der Waals surface area (Å²) >= 11 is 0. The monoisotopic (exact) mass is 706 g/mol. The molecule has 0 fully saturated rings. The van der Waals surface area contributed by atoms with Gasteiger partial charge in [0.05, 0.1) is 4.90 Å². The van der Waals surface area contributed by atoms with Crippen molar-refractivity contribution in [3.05, 3.63) is 155 Å². The van der Waals surface area contributed by atoms with Crippen molar-refractivity contribution >= 4 is 31.8 Å². The summed E-state index contributed by atoms with van der Waals surface area (Å²) in [5.74, 6) is -1.30. The van der Waals surface area contributed by atoms with Gasteiger partial charge in [-0.2, -0.15) is 16.8 Å². The molecule has 0 amide bonds. The molecular weight excluding hydrogens is 678 g/mol. The van der Waals surface area contributed by atoms with E-state index in [-0.39, 0.29) is 86.7 Å². The van der Waals surface area contributed by atoms with E-state index in [0.29, 0.717) is 39.4 Å². The van der Waals surface area contributed by atoms with E-state index in [2.05, 4.69) is 0 Å². The Morgan fingerprint density at radius 1 is 0.542 bits per heavy atom. The zero-order valence-electron chi connectivity index (χ0n) is 27.9. The average Bonchev–Trinajstić information content (AvgIpc) is 3.06. The molecule has 0 bridgehead atoms. The Bertz CT molecular complexity index is 2120. The number of hydrogen-bond acceptors (Lipinski definition) is 8. The Labute approximate surface area is 325 Å². The van der Waals surface area contributed by atoms with E-state index in [1.54, 1.807) is 109 Å². The van der Waals surface area contributed by atoms with Gasteiger partial charge >= 0.3 is 59.1 Å². The van der Waals surface area contributed by atoms with E-state index in [1.165, 1.54) is 0 Å². The molecule has 0 aliphatic rings. The number of carbonyl (C=O) groups excluding carboxylic acids is 2. The zero-order valence-corrected chi connectivity index (χ0v) is 31.6. The van der Waals surface area contributed by atoms with Gasteiger partial charge in [0.15, 0.2) is 23.1 Å². The Balaban J connectivity index is 0.00000312.